The molecule has 3 rings (SSSR count). The summed E-state index contributed by atoms with van der Waals surface area (Å²) in [6.45, 7) is 4.89. The van der Waals surface area contributed by atoms with Crippen LogP contribution < -0.4 is 5.32 Å². The van der Waals surface area contributed by atoms with Crippen LogP contribution in [0.5, 0.6) is 0 Å². The predicted molar refractivity (Wildman–Crippen MR) is 95.6 cm³/mol. The van der Waals surface area contributed by atoms with Crippen LogP contribution in [0.4, 0.5) is 13.2 Å². The first kappa shape index (κ1) is 19.4. The van der Waals surface area contributed by atoms with Gasteiger partial charge in [0.1, 0.15) is 5.69 Å². The molecule has 0 radical (unpaired) electrons. The highest BCUT2D eigenvalue weighted by Gasteiger charge is 2.32. The lowest BCUT2D eigenvalue weighted by Crippen LogP contribution is -2.21. The highest BCUT2D eigenvalue weighted by molar-refractivity contribution is 5.69. The number of likely N-dealkylation sites (N-methyl/N-ethyl adjacent to an activating group) is 1. The van der Waals surface area contributed by atoms with E-state index in [0.717, 1.165) is 37.4 Å². The minimum absolute atomic E-state index is 0.424. The van der Waals surface area contributed by atoms with Gasteiger partial charge in [-0.15, -0.1) is 0 Å². The predicted octanol–water partition coefficient (Wildman–Crippen LogP) is 5.43. The number of fused-ring (bicyclic) bond motifs is 1. The fraction of sp³-hybridized carbons (Fsp3) is 0.450. The molecule has 5 heteroatoms. The van der Waals surface area contributed by atoms with Crippen LogP contribution in [0.25, 0.3) is 11.1 Å². The second-order valence-electron chi connectivity index (χ2n) is 5.95. The summed E-state index contributed by atoms with van der Waals surface area (Å²) >= 11 is 0. The lowest BCUT2D eigenvalue weighted by molar-refractivity contribution is -0.141. The summed E-state index contributed by atoms with van der Waals surface area (Å²) in [6.07, 6.45) is -0.0879. The van der Waals surface area contributed by atoms with Crippen molar-refractivity contribution in [2.75, 3.05) is 13.6 Å². The van der Waals surface area contributed by atoms with E-state index < -0.39 is 11.9 Å². The van der Waals surface area contributed by atoms with Gasteiger partial charge in [-0.3, -0.25) is 4.98 Å². The summed E-state index contributed by atoms with van der Waals surface area (Å²) < 4.78 is 38.7. The van der Waals surface area contributed by atoms with Gasteiger partial charge in [-0.05, 0) is 66.6 Å². The zero-order valence-electron chi connectivity index (χ0n) is 15.0. The minimum atomic E-state index is -4.42. The van der Waals surface area contributed by atoms with E-state index >= 15 is 0 Å². The third-order valence-electron chi connectivity index (χ3n) is 4.44. The van der Waals surface area contributed by atoms with E-state index in [9.17, 15) is 13.2 Å². The molecule has 1 unspecified atom stereocenters. The monoisotopic (exact) mass is 350 g/mol. The second kappa shape index (κ2) is 8.48. The maximum atomic E-state index is 12.9. The molecule has 0 bridgehead atoms. The Hall–Kier alpha value is -1.88. The molecule has 1 aliphatic rings. The average Bonchev–Trinajstić information content (AvgIpc) is 2.63. The molecular weight excluding hydrogens is 325 g/mol. The maximum absolute atomic E-state index is 12.9. The molecule has 1 aromatic carbocycles. The van der Waals surface area contributed by atoms with Crippen LogP contribution in [0.1, 0.15) is 49.4 Å². The van der Waals surface area contributed by atoms with Crippen molar-refractivity contribution in [2.24, 2.45) is 0 Å². The summed E-state index contributed by atoms with van der Waals surface area (Å²) in [5.41, 5.74) is 3.09. The van der Waals surface area contributed by atoms with Crippen molar-refractivity contribution in [2.45, 2.75) is 45.2 Å². The van der Waals surface area contributed by atoms with E-state index in [-0.39, 0.29) is 0 Å². The van der Waals surface area contributed by atoms with E-state index in [1.54, 1.807) is 6.07 Å². The summed E-state index contributed by atoms with van der Waals surface area (Å²) in [5.74, 6) is 0.424. The summed E-state index contributed by atoms with van der Waals surface area (Å²) in [6, 6.07) is 8.77. The fourth-order valence-electron chi connectivity index (χ4n) is 3.43. The largest absolute Gasteiger partial charge is 0.433 e. The van der Waals surface area contributed by atoms with Crippen LogP contribution in [0, 0.1) is 0 Å². The highest BCUT2D eigenvalue weighted by Crippen LogP contribution is 2.38. The topological polar surface area (TPSA) is 24.9 Å². The Morgan fingerprint density at radius 1 is 1.20 bits per heavy atom. The highest BCUT2D eigenvalue weighted by atomic mass is 19.4. The van der Waals surface area contributed by atoms with Crippen LogP contribution in [-0.2, 0) is 12.6 Å². The Morgan fingerprint density at radius 3 is 2.64 bits per heavy atom. The molecule has 0 fully saturated rings. The average molecular weight is 350 g/mol. The molecule has 0 amide bonds. The van der Waals surface area contributed by atoms with Crippen molar-refractivity contribution in [1.29, 1.82) is 0 Å². The number of benzene rings is 1. The molecule has 2 aromatic rings. The van der Waals surface area contributed by atoms with Gasteiger partial charge < -0.3 is 5.32 Å². The maximum Gasteiger partial charge on any atom is 0.433 e. The van der Waals surface area contributed by atoms with Crippen molar-refractivity contribution in [3.05, 3.63) is 53.3 Å². The van der Waals surface area contributed by atoms with E-state index in [1.165, 1.54) is 17.3 Å². The molecule has 136 valence electrons. The third kappa shape index (κ3) is 4.40. The standard InChI is InChI=1S/C18H19F3N2.C2H6/c1-22-11-13-4-2-7-16-14(5-3-6-15(13)16)12-8-9-23-17(10-12)18(19,20)21;1-2/h3,5-6,8-10,13,22H,2,4,7,11H2,1H3;1-2H3. The first-order valence-electron chi connectivity index (χ1n) is 8.80. The van der Waals surface area contributed by atoms with Crippen LogP contribution >= 0.6 is 0 Å². The van der Waals surface area contributed by atoms with Crippen LogP contribution in [0.15, 0.2) is 36.5 Å². The first-order chi connectivity index (χ1) is 12.0. The van der Waals surface area contributed by atoms with E-state index in [2.05, 4.69) is 16.4 Å². The number of aromatic nitrogens is 1. The minimum Gasteiger partial charge on any atom is -0.319 e. The molecule has 2 nitrogen and oxygen atoms in total. The molecule has 1 aliphatic carbocycles. The van der Waals surface area contributed by atoms with Gasteiger partial charge >= 0.3 is 6.18 Å². The van der Waals surface area contributed by atoms with Crippen molar-refractivity contribution >= 4 is 0 Å². The molecular formula is C20H25F3N2. The molecule has 0 saturated heterocycles. The molecule has 25 heavy (non-hydrogen) atoms. The number of hydrogen-bond acceptors (Lipinski definition) is 2. The Morgan fingerprint density at radius 2 is 1.96 bits per heavy atom. The van der Waals surface area contributed by atoms with Gasteiger partial charge in [0.05, 0.1) is 0 Å². The lowest BCUT2D eigenvalue weighted by Gasteiger charge is -2.27. The van der Waals surface area contributed by atoms with E-state index in [4.69, 9.17) is 0 Å². The van der Waals surface area contributed by atoms with Crippen molar-refractivity contribution in [1.82, 2.24) is 10.3 Å². The quantitative estimate of drug-likeness (QED) is 0.798. The number of hydrogen-bond donors (Lipinski definition) is 1. The fourth-order valence-corrected chi connectivity index (χ4v) is 3.43. The molecule has 0 aliphatic heterocycles. The zero-order valence-corrected chi connectivity index (χ0v) is 15.0. The molecule has 0 spiro atoms. The number of nitrogens with one attached hydrogen (secondary N) is 1. The molecule has 1 atom stereocenters. The third-order valence-corrected chi connectivity index (χ3v) is 4.44. The smallest absolute Gasteiger partial charge is 0.319 e. The summed E-state index contributed by atoms with van der Waals surface area (Å²) in [4.78, 5) is 3.46. The molecule has 1 N–H and O–H groups in total. The van der Waals surface area contributed by atoms with E-state index in [1.807, 2.05) is 33.0 Å². The summed E-state index contributed by atoms with van der Waals surface area (Å²) in [5, 5.41) is 3.21. The van der Waals surface area contributed by atoms with Crippen LogP contribution in [0.2, 0.25) is 0 Å². The second-order valence-corrected chi connectivity index (χ2v) is 5.95. The van der Waals surface area contributed by atoms with Gasteiger partial charge in [-0.2, -0.15) is 13.2 Å². The van der Waals surface area contributed by atoms with Crippen molar-refractivity contribution in [3.63, 3.8) is 0 Å². The van der Waals surface area contributed by atoms with Gasteiger partial charge in [0.25, 0.3) is 0 Å². The Labute approximate surface area is 147 Å². The zero-order chi connectivity index (χ0) is 18.4. The normalized spacial score (nSPS) is 16.6. The number of nitrogens with zero attached hydrogens (tertiary/aromatic N) is 1. The lowest BCUT2D eigenvalue weighted by atomic mass is 9.79. The van der Waals surface area contributed by atoms with Crippen LogP contribution in [-0.4, -0.2) is 18.6 Å². The molecule has 0 saturated carbocycles. The number of alkyl halides is 3. The Balaban J connectivity index is 0.00000109. The van der Waals surface area contributed by atoms with E-state index in [0.29, 0.717) is 11.5 Å². The van der Waals surface area contributed by atoms with Crippen LogP contribution in [0.3, 0.4) is 0 Å². The van der Waals surface area contributed by atoms with Gasteiger partial charge in [0, 0.05) is 12.7 Å². The number of halogens is 3. The molecule has 1 heterocycles. The van der Waals surface area contributed by atoms with Gasteiger partial charge in [-0.25, -0.2) is 0 Å². The Kier molecular flexibility index (Phi) is 6.59. The molecule has 1 aromatic heterocycles. The summed E-state index contributed by atoms with van der Waals surface area (Å²) in [7, 11) is 1.93. The van der Waals surface area contributed by atoms with Gasteiger partial charge in [0.15, 0.2) is 0 Å². The first-order valence-corrected chi connectivity index (χ1v) is 8.80. The van der Waals surface area contributed by atoms with Crippen molar-refractivity contribution in [3.8, 4) is 11.1 Å². The van der Waals surface area contributed by atoms with Gasteiger partial charge in [-0.1, -0.05) is 32.0 Å². The number of rotatable bonds is 3. The number of pyridine rings is 1. The Bertz CT molecular complexity index is 696. The van der Waals surface area contributed by atoms with Crippen molar-refractivity contribution < 1.29 is 13.2 Å². The van der Waals surface area contributed by atoms with Gasteiger partial charge in [0.2, 0.25) is 0 Å². The SMILES string of the molecule is CC.CNCC1CCCc2c(-c3ccnc(C(F)(F)F)c3)cccc21.